The average Bonchev–Trinajstić information content (AvgIpc) is 2.95. The summed E-state index contributed by atoms with van der Waals surface area (Å²) in [5, 5.41) is 1.79. The van der Waals surface area contributed by atoms with E-state index in [9.17, 15) is 0 Å². The fraction of sp³-hybridized carbons (Fsp3) is 0.567. The lowest BCUT2D eigenvalue weighted by Gasteiger charge is -2.42. The fourth-order valence-electron chi connectivity index (χ4n) is 7.96. The monoisotopic (exact) mass is 540 g/mol. The highest BCUT2D eigenvalue weighted by Gasteiger charge is 3.04. The smallest absolute Gasteiger partial charge is 0.149 e. The van der Waals surface area contributed by atoms with Gasteiger partial charge in [0.15, 0.2) is 0 Å². The van der Waals surface area contributed by atoms with Crippen LogP contribution in [0.2, 0.25) is 0 Å². The fourth-order valence-corrected chi connectivity index (χ4v) is 36.0. The van der Waals surface area contributed by atoms with E-state index in [2.05, 4.69) is 107 Å². The lowest BCUT2D eigenvalue weighted by atomic mass is 9.85. The van der Waals surface area contributed by atoms with Crippen molar-refractivity contribution in [1.29, 1.82) is 0 Å². The molecular weight excluding hydrogens is 500 g/mol. The number of benzene rings is 2. The Balaban J connectivity index is 1.73. The molecule has 0 radical (unpaired) electrons. The molecule has 6 atom stereocenters. The molecule has 186 valence electrons. The van der Waals surface area contributed by atoms with Gasteiger partial charge in [0.2, 0.25) is 0 Å². The van der Waals surface area contributed by atoms with Gasteiger partial charge in [-0.15, -0.1) is 0 Å². The normalized spacial score (nSPS) is 37.1. The summed E-state index contributed by atoms with van der Waals surface area (Å²) in [5.41, 5.74) is 12.4. The number of aryl methyl sites for hydroxylation is 6. The molecule has 35 heavy (non-hydrogen) atoms. The van der Waals surface area contributed by atoms with Crippen LogP contribution in [0.25, 0.3) is 0 Å². The van der Waals surface area contributed by atoms with Crippen LogP contribution in [0, 0.1) is 52.4 Å². The maximum absolute atomic E-state index is 7.72. The first-order valence-corrected chi connectivity index (χ1v) is 18.5. The number of rotatable bonds is 2. The van der Waals surface area contributed by atoms with Crippen LogP contribution in [0.5, 0.6) is 0 Å². The Hall–Kier alpha value is -0.140. The van der Waals surface area contributed by atoms with E-state index in [0.29, 0.717) is 4.90 Å². The van der Waals surface area contributed by atoms with Gasteiger partial charge in [0, 0.05) is 7.61 Å². The zero-order chi connectivity index (χ0) is 25.7. The van der Waals surface area contributed by atoms with Gasteiger partial charge in [-0.2, -0.15) is 0 Å². The highest BCUT2D eigenvalue weighted by molar-refractivity contribution is 8.40. The third-order valence-electron chi connectivity index (χ3n) is 8.61. The minimum Gasteiger partial charge on any atom is -0.336 e. The van der Waals surface area contributed by atoms with Crippen molar-refractivity contribution < 1.29 is 4.52 Å². The van der Waals surface area contributed by atoms with E-state index in [4.69, 9.17) is 4.52 Å². The van der Waals surface area contributed by atoms with Crippen molar-refractivity contribution in [2.45, 2.75) is 98.0 Å². The van der Waals surface area contributed by atoms with Crippen molar-refractivity contribution >= 4 is 36.6 Å². The Morgan fingerprint density at radius 1 is 0.714 bits per heavy atom. The van der Waals surface area contributed by atoms with Crippen LogP contribution >= 0.6 is 31.6 Å². The summed E-state index contributed by atoms with van der Waals surface area (Å²) in [5.74, 6) is 0. The van der Waals surface area contributed by atoms with E-state index in [-0.39, 0.29) is 20.8 Å². The Morgan fingerprint density at radius 2 is 1.17 bits per heavy atom. The topological polar surface area (TPSA) is 9.23 Å². The second kappa shape index (κ2) is 7.08. The summed E-state index contributed by atoms with van der Waals surface area (Å²) in [6, 6.07) is 9.75. The molecule has 5 heterocycles. The van der Waals surface area contributed by atoms with Gasteiger partial charge < -0.3 is 4.52 Å². The van der Waals surface area contributed by atoms with Crippen molar-refractivity contribution in [3.63, 3.8) is 0 Å². The first-order valence-electron chi connectivity index (χ1n) is 12.9. The molecule has 1 nitrogen and oxygen atoms in total. The van der Waals surface area contributed by atoms with Gasteiger partial charge >= 0.3 is 0 Å². The van der Waals surface area contributed by atoms with Gasteiger partial charge in [-0.05, 0) is 98.7 Å². The first kappa shape index (κ1) is 25.2. The molecular formula is C30H40OP4. The highest BCUT2D eigenvalue weighted by Crippen LogP contribution is 3.28. The molecule has 3 unspecified atom stereocenters. The van der Waals surface area contributed by atoms with Crippen molar-refractivity contribution in [2.24, 2.45) is 10.8 Å². The van der Waals surface area contributed by atoms with Crippen molar-refractivity contribution in [3.05, 3.63) is 68.8 Å². The largest absolute Gasteiger partial charge is 0.336 e. The van der Waals surface area contributed by atoms with Gasteiger partial charge in [-0.3, -0.25) is 0 Å². The summed E-state index contributed by atoms with van der Waals surface area (Å²) < 4.78 is 7.72. The van der Waals surface area contributed by atoms with Crippen LogP contribution in [0.4, 0.5) is 0 Å². The maximum atomic E-state index is 7.72. The minimum absolute atomic E-state index is 0.0561. The third-order valence-corrected chi connectivity index (χ3v) is 28.0. The Labute approximate surface area is 218 Å². The molecule has 0 N–H and O–H groups in total. The SMILES string of the molecule is Cc1cc(C)c([C@]23OP4[C@@]5(c6c(C)cc(C)cc6C)P2P=C(C(C)(C)C)P3[C@@]45C(C)(C)C)c(C)c1. The van der Waals surface area contributed by atoms with E-state index >= 15 is 0 Å². The average molecular weight is 541 g/mol. The predicted molar refractivity (Wildman–Crippen MR) is 160 cm³/mol. The van der Waals surface area contributed by atoms with Gasteiger partial charge in [-0.1, -0.05) is 84.8 Å². The summed E-state index contributed by atoms with van der Waals surface area (Å²) in [4.78, 5) is 0.544. The van der Waals surface area contributed by atoms with Gasteiger partial charge in [-0.25, -0.2) is 0 Å². The van der Waals surface area contributed by atoms with E-state index in [1.54, 1.807) is 19.0 Å². The van der Waals surface area contributed by atoms with Gasteiger partial charge in [0.1, 0.15) is 5.08 Å². The molecule has 7 rings (SSSR count). The molecule has 4 fully saturated rings. The van der Waals surface area contributed by atoms with Crippen LogP contribution in [0.15, 0.2) is 24.3 Å². The number of hydrogen-bond donors (Lipinski definition) is 0. The standard InChI is InChI=1S/C30H40OP4/c1-17-13-19(3)23(20(4)14-17)28-30(27(10,11)12)33-25(26(7,8)9)32-35(28)29(33,31-34(28)30)24-21(5)15-18(2)16-22(24)6/h13-16H,1-12H3/t28-,29+,30-,33?,34?,35?/m0/s1. The molecule has 0 spiro atoms. The Morgan fingerprint density at radius 3 is 1.60 bits per heavy atom. The minimum atomic E-state index is -0.525. The second-order valence-electron chi connectivity index (χ2n) is 13.5. The molecule has 5 heteroatoms. The Bertz CT molecular complexity index is 1300. The van der Waals surface area contributed by atoms with E-state index in [0.717, 1.165) is 0 Å². The third kappa shape index (κ3) is 2.61. The van der Waals surface area contributed by atoms with Crippen LogP contribution in [0.3, 0.4) is 0 Å². The predicted octanol–water partition coefficient (Wildman–Crippen LogP) is 10.7. The zero-order valence-electron chi connectivity index (χ0n) is 23.5. The molecule has 6 bridgehead atoms. The number of hydrogen-bond acceptors (Lipinski definition) is 1. The highest BCUT2D eigenvalue weighted by atomic mass is 32.0. The van der Waals surface area contributed by atoms with Crippen molar-refractivity contribution in [1.82, 2.24) is 0 Å². The van der Waals surface area contributed by atoms with E-state index in [1.165, 1.54) is 33.4 Å². The zero-order valence-corrected chi connectivity index (χ0v) is 27.1. The molecule has 0 aliphatic carbocycles. The van der Waals surface area contributed by atoms with Crippen LogP contribution < -0.4 is 0 Å². The molecule has 2 aromatic carbocycles. The molecule has 4 saturated heterocycles. The van der Waals surface area contributed by atoms with Gasteiger partial charge in [0.05, 0.1) is 17.9 Å². The summed E-state index contributed by atoms with van der Waals surface area (Å²) in [7, 11) is 0.288. The first-order chi connectivity index (χ1) is 16.1. The van der Waals surface area contributed by atoms with Crippen molar-refractivity contribution in [2.75, 3.05) is 0 Å². The maximum Gasteiger partial charge on any atom is 0.149 e. The lowest BCUT2D eigenvalue weighted by molar-refractivity contribution is 0.302. The molecule has 2 aromatic rings. The quantitative estimate of drug-likeness (QED) is 0.344. The van der Waals surface area contributed by atoms with Crippen molar-refractivity contribution in [3.8, 4) is 0 Å². The van der Waals surface area contributed by atoms with E-state index < -0.39 is 23.7 Å². The molecule has 5 aliphatic heterocycles. The summed E-state index contributed by atoms with van der Waals surface area (Å²) in [6.07, 6.45) is 0. The molecule has 5 aliphatic rings. The van der Waals surface area contributed by atoms with Crippen LogP contribution in [-0.4, -0.2) is 9.93 Å². The summed E-state index contributed by atoms with van der Waals surface area (Å²) >= 11 is 0. The lowest BCUT2D eigenvalue weighted by Crippen LogP contribution is -2.36. The van der Waals surface area contributed by atoms with Crippen LogP contribution in [-0.2, 0) is 14.5 Å². The van der Waals surface area contributed by atoms with Gasteiger partial charge in [0.25, 0.3) is 0 Å². The van der Waals surface area contributed by atoms with E-state index in [1.807, 2.05) is 5.03 Å². The molecule has 0 saturated carbocycles. The molecule has 0 amide bonds. The molecule has 0 aromatic heterocycles. The summed E-state index contributed by atoms with van der Waals surface area (Å²) in [6.45, 7) is 29.1. The van der Waals surface area contributed by atoms with Crippen LogP contribution in [0.1, 0.15) is 86.1 Å². The second-order valence-corrected chi connectivity index (χ2v) is 23.8. The Kier molecular flexibility index (Phi) is 5.09.